The van der Waals surface area contributed by atoms with Crippen molar-refractivity contribution in [3.63, 3.8) is 0 Å². The summed E-state index contributed by atoms with van der Waals surface area (Å²) >= 11 is 0. The number of carbonyl (C=O) groups excluding carboxylic acids is 1. The molecular weight excluding hydrogens is 468 g/mol. The molecule has 1 aliphatic carbocycles. The van der Waals surface area contributed by atoms with E-state index in [0.717, 1.165) is 54.5 Å². The molecule has 0 radical (unpaired) electrons. The van der Waals surface area contributed by atoms with Gasteiger partial charge in [-0.05, 0) is 62.4 Å². The Morgan fingerprint density at radius 3 is 2.89 bits per heavy atom. The van der Waals surface area contributed by atoms with Crippen molar-refractivity contribution in [2.45, 2.75) is 44.8 Å². The highest BCUT2D eigenvalue weighted by Crippen LogP contribution is 2.30. The molecule has 0 atom stereocenters. The van der Waals surface area contributed by atoms with E-state index in [1.165, 1.54) is 0 Å². The van der Waals surface area contributed by atoms with E-state index < -0.39 is 0 Å². The van der Waals surface area contributed by atoms with Crippen LogP contribution in [0.1, 0.15) is 43.0 Å². The van der Waals surface area contributed by atoms with Crippen LogP contribution < -0.4 is 10.6 Å². The summed E-state index contributed by atoms with van der Waals surface area (Å²) in [5.41, 5.74) is 4.47. The van der Waals surface area contributed by atoms with E-state index in [-0.39, 0.29) is 5.91 Å². The van der Waals surface area contributed by atoms with Crippen LogP contribution in [0, 0.1) is 0 Å². The fraction of sp³-hybridized carbons (Fsp3) is 0.296. The summed E-state index contributed by atoms with van der Waals surface area (Å²) in [7, 11) is 0. The van der Waals surface area contributed by atoms with Crippen molar-refractivity contribution in [3.8, 4) is 11.1 Å². The third-order valence-electron chi connectivity index (χ3n) is 6.84. The van der Waals surface area contributed by atoms with Crippen molar-refractivity contribution in [3.05, 3.63) is 67.0 Å². The normalized spacial score (nSPS) is 17.8. The standard InChI is InChI=1S/C27H28N8O2/c1-2-37-20-7-5-18(6-8-20)33-27-30-15-22-21(14-29-25(22)34-27)17-9-11-35-24(12-17)23(16-31-35)26(36)32-19-4-3-10-28-13-19/h3-4,9-16,18,20H,2,5-8H2,1H3,(H,32,36)(H2,29,30,33,34). The maximum absolute atomic E-state index is 12.9. The van der Waals surface area contributed by atoms with Gasteiger partial charge in [0.1, 0.15) is 5.65 Å². The van der Waals surface area contributed by atoms with Crippen LogP contribution in [0.4, 0.5) is 11.6 Å². The summed E-state index contributed by atoms with van der Waals surface area (Å²) in [4.78, 5) is 29.6. The van der Waals surface area contributed by atoms with Crippen LogP contribution in [0.2, 0.25) is 0 Å². The third kappa shape index (κ3) is 4.75. The van der Waals surface area contributed by atoms with Gasteiger partial charge in [0.15, 0.2) is 0 Å². The molecule has 0 spiro atoms. The number of hydrogen-bond acceptors (Lipinski definition) is 7. The average molecular weight is 497 g/mol. The van der Waals surface area contributed by atoms with Crippen molar-refractivity contribution in [2.24, 2.45) is 0 Å². The Bertz CT molecular complexity index is 1540. The number of nitrogens with zero attached hydrogens (tertiary/aromatic N) is 5. The van der Waals surface area contributed by atoms with E-state index in [2.05, 4.69) is 30.7 Å². The molecule has 0 saturated heterocycles. The van der Waals surface area contributed by atoms with Crippen LogP contribution in [-0.2, 0) is 4.74 Å². The summed E-state index contributed by atoms with van der Waals surface area (Å²) in [6.07, 6.45) is 15.0. The number of hydrogen-bond donors (Lipinski definition) is 3. The van der Waals surface area contributed by atoms with Gasteiger partial charge in [0.25, 0.3) is 5.91 Å². The number of H-pyrrole nitrogens is 1. The van der Waals surface area contributed by atoms with Gasteiger partial charge in [-0.1, -0.05) is 0 Å². The molecular formula is C27H28N8O2. The Morgan fingerprint density at radius 2 is 2.08 bits per heavy atom. The molecule has 3 N–H and O–H groups in total. The number of carbonyl (C=O) groups is 1. The van der Waals surface area contributed by atoms with E-state index >= 15 is 0 Å². The van der Waals surface area contributed by atoms with Gasteiger partial charge in [-0.2, -0.15) is 10.1 Å². The Balaban J connectivity index is 1.22. The fourth-order valence-corrected chi connectivity index (χ4v) is 4.97. The quantitative estimate of drug-likeness (QED) is 0.299. The summed E-state index contributed by atoms with van der Waals surface area (Å²) in [5.74, 6) is 0.384. The molecule has 37 heavy (non-hydrogen) atoms. The zero-order chi connectivity index (χ0) is 25.2. The third-order valence-corrected chi connectivity index (χ3v) is 6.84. The largest absolute Gasteiger partial charge is 0.379 e. The molecule has 5 aromatic heterocycles. The van der Waals surface area contributed by atoms with Gasteiger partial charge in [-0.15, -0.1) is 0 Å². The van der Waals surface area contributed by atoms with Gasteiger partial charge >= 0.3 is 0 Å². The summed E-state index contributed by atoms with van der Waals surface area (Å²) in [5, 5.41) is 11.6. The van der Waals surface area contributed by atoms with Crippen molar-refractivity contribution < 1.29 is 9.53 Å². The number of ether oxygens (including phenoxy) is 1. The van der Waals surface area contributed by atoms with Crippen molar-refractivity contribution >= 4 is 34.1 Å². The molecule has 0 bridgehead atoms. The van der Waals surface area contributed by atoms with Gasteiger partial charge in [0.2, 0.25) is 5.95 Å². The first kappa shape index (κ1) is 23.1. The van der Waals surface area contributed by atoms with E-state index in [9.17, 15) is 4.79 Å². The summed E-state index contributed by atoms with van der Waals surface area (Å²) < 4.78 is 7.45. The van der Waals surface area contributed by atoms with Crippen molar-refractivity contribution in [1.82, 2.24) is 29.5 Å². The van der Waals surface area contributed by atoms with Gasteiger partial charge in [-0.3, -0.25) is 9.78 Å². The van der Waals surface area contributed by atoms with Gasteiger partial charge in [0.05, 0.1) is 35.3 Å². The average Bonchev–Trinajstić information content (AvgIpc) is 3.54. The van der Waals surface area contributed by atoms with Gasteiger partial charge in [0, 0.05) is 48.4 Å². The van der Waals surface area contributed by atoms with E-state index in [4.69, 9.17) is 9.72 Å². The van der Waals surface area contributed by atoms with E-state index in [1.807, 2.05) is 37.6 Å². The van der Waals surface area contributed by atoms with Crippen LogP contribution >= 0.6 is 0 Å². The molecule has 5 heterocycles. The number of amides is 1. The lowest BCUT2D eigenvalue weighted by Crippen LogP contribution is -2.30. The van der Waals surface area contributed by atoms with Crippen LogP contribution in [0.3, 0.4) is 0 Å². The minimum Gasteiger partial charge on any atom is -0.379 e. The predicted octanol–water partition coefficient (Wildman–Crippen LogP) is 4.68. The lowest BCUT2D eigenvalue weighted by atomic mass is 9.93. The smallest absolute Gasteiger partial charge is 0.259 e. The molecule has 0 aliphatic heterocycles. The Hall–Kier alpha value is -4.31. The van der Waals surface area contributed by atoms with Crippen LogP contribution in [0.25, 0.3) is 27.7 Å². The minimum absolute atomic E-state index is 0.242. The Kier molecular flexibility index (Phi) is 6.23. The number of anilines is 2. The van der Waals surface area contributed by atoms with Crippen molar-refractivity contribution in [1.29, 1.82) is 0 Å². The molecule has 0 unspecified atom stereocenters. The maximum Gasteiger partial charge on any atom is 0.259 e. The monoisotopic (exact) mass is 496 g/mol. The maximum atomic E-state index is 12.9. The predicted molar refractivity (Wildman–Crippen MR) is 142 cm³/mol. The van der Waals surface area contributed by atoms with E-state index in [1.54, 1.807) is 35.2 Å². The highest BCUT2D eigenvalue weighted by Gasteiger charge is 2.22. The summed E-state index contributed by atoms with van der Waals surface area (Å²) in [6, 6.07) is 7.84. The lowest BCUT2D eigenvalue weighted by molar-refractivity contribution is 0.0346. The summed E-state index contributed by atoms with van der Waals surface area (Å²) in [6.45, 7) is 2.82. The molecule has 6 rings (SSSR count). The van der Waals surface area contributed by atoms with Gasteiger partial charge < -0.3 is 20.4 Å². The highest BCUT2D eigenvalue weighted by atomic mass is 16.5. The van der Waals surface area contributed by atoms with Crippen molar-refractivity contribution in [2.75, 3.05) is 17.2 Å². The minimum atomic E-state index is -0.242. The first-order chi connectivity index (χ1) is 18.2. The molecule has 1 saturated carbocycles. The van der Waals surface area contributed by atoms with Gasteiger partial charge in [-0.25, -0.2) is 9.50 Å². The molecule has 1 amide bonds. The van der Waals surface area contributed by atoms with E-state index in [0.29, 0.717) is 34.9 Å². The first-order valence-corrected chi connectivity index (χ1v) is 12.6. The first-order valence-electron chi connectivity index (χ1n) is 12.6. The topological polar surface area (TPSA) is 122 Å². The zero-order valence-corrected chi connectivity index (χ0v) is 20.5. The molecule has 1 aliphatic rings. The lowest BCUT2D eigenvalue weighted by Gasteiger charge is -2.28. The second-order valence-electron chi connectivity index (χ2n) is 9.23. The Morgan fingerprint density at radius 1 is 1.19 bits per heavy atom. The zero-order valence-electron chi connectivity index (χ0n) is 20.5. The fourth-order valence-electron chi connectivity index (χ4n) is 4.97. The Labute approximate surface area is 213 Å². The molecule has 188 valence electrons. The molecule has 0 aromatic carbocycles. The second-order valence-corrected chi connectivity index (χ2v) is 9.23. The number of fused-ring (bicyclic) bond motifs is 2. The number of nitrogens with one attached hydrogen (secondary N) is 3. The number of pyridine rings is 2. The molecule has 5 aromatic rings. The number of aromatic amines is 1. The molecule has 1 fully saturated rings. The molecule has 10 nitrogen and oxygen atoms in total. The second kappa shape index (κ2) is 9.98. The van der Waals surface area contributed by atoms with Crippen LogP contribution in [-0.4, -0.2) is 54.2 Å². The highest BCUT2D eigenvalue weighted by molar-refractivity contribution is 6.09. The number of aromatic nitrogens is 6. The molecule has 10 heteroatoms. The SMILES string of the molecule is CCOC1CCC(Nc2ncc3c(-c4ccn5ncc(C(=O)Nc6cccnc6)c5c4)c[nH]c3n2)CC1. The van der Waals surface area contributed by atoms with Crippen LogP contribution in [0.5, 0.6) is 0 Å². The number of rotatable bonds is 7. The van der Waals surface area contributed by atoms with Crippen LogP contribution in [0.15, 0.2) is 61.4 Å².